The zero-order chi connectivity index (χ0) is 17.8. The maximum atomic E-state index is 12.2. The van der Waals surface area contributed by atoms with Gasteiger partial charge in [0.05, 0.1) is 16.6 Å². The highest BCUT2D eigenvalue weighted by Crippen LogP contribution is 2.52. The van der Waals surface area contributed by atoms with Crippen LogP contribution in [-0.4, -0.2) is 18.1 Å². The van der Waals surface area contributed by atoms with Crippen LogP contribution in [0.3, 0.4) is 0 Å². The number of nitrogens with zero attached hydrogens (tertiary/aromatic N) is 1. The monoisotopic (exact) mass is 372 g/mol. The number of carbonyl (C=O) groups is 1. The first-order valence-electron chi connectivity index (χ1n) is 8.18. The van der Waals surface area contributed by atoms with E-state index in [0.717, 1.165) is 11.3 Å². The Kier molecular flexibility index (Phi) is 3.64. The highest BCUT2D eigenvalue weighted by molar-refractivity contribution is 6.42. The van der Waals surface area contributed by atoms with Crippen molar-refractivity contribution in [3.05, 3.63) is 69.7 Å². The molecule has 0 aromatic heterocycles. The quantitative estimate of drug-likeness (QED) is 0.833. The highest BCUT2D eigenvalue weighted by Gasteiger charge is 2.59. The molecule has 0 unspecified atom stereocenters. The number of hydrogen-bond acceptors (Lipinski definition) is 2. The van der Waals surface area contributed by atoms with Gasteiger partial charge in [0, 0.05) is 11.1 Å². The lowest BCUT2D eigenvalue weighted by Gasteiger charge is -2.40. The summed E-state index contributed by atoms with van der Waals surface area (Å²) in [6.07, 6.45) is 4.06. The van der Waals surface area contributed by atoms with Gasteiger partial charge in [0.1, 0.15) is 5.66 Å². The van der Waals surface area contributed by atoms with Crippen LogP contribution in [-0.2, 0) is 10.2 Å². The standard InChI is InChI=1S/C20H18Cl2N2O/c1-19(2)14-5-3-4-6-17(14)24-12-18(25)23-20(19,24)10-9-13-7-8-15(21)16(22)11-13/h3-11H,12H2,1-2H3,(H,23,25)/b10-9-/t20-/m1/s1. The van der Waals surface area contributed by atoms with Crippen LogP contribution in [0.15, 0.2) is 48.5 Å². The number of hydrogen-bond donors (Lipinski definition) is 1. The van der Waals surface area contributed by atoms with Crippen LogP contribution in [0.4, 0.5) is 5.69 Å². The number of halogens is 2. The minimum absolute atomic E-state index is 0.0290. The number of para-hydroxylation sites is 1. The Labute approximate surface area is 157 Å². The Bertz CT molecular complexity index is 906. The van der Waals surface area contributed by atoms with Crippen LogP contribution in [0.5, 0.6) is 0 Å². The van der Waals surface area contributed by atoms with E-state index in [0.29, 0.717) is 16.6 Å². The summed E-state index contributed by atoms with van der Waals surface area (Å²) >= 11 is 12.1. The van der Waals surface area contributed by atoms with Gasteiger partial charge in [0.15, 0.2) is 0 Å². The van der Waals surface area contributed by atoms with Gasteiger partial charge in [-0.05, 0) is 35.4 Å². The van der Waals surface area contributed by atoms with Crippen molar-refractivity contribution in [2.45, 2.75) is 24.9 Å². The number of benzene rings is 2. The topological polar surface area (TPSA) is 32.3 Å². The summed E-state index contributed by atoms with van der Waals surface area (Å²) in [6, 6.07) is 13.8. The normalized spacial score (nSPS) is 23.7. The van der Waals surface area contributed by atoms with Crippen molar-refractivity contribution in [2.75, 3.05) is 11.4 Å². The average molecular weight is 373 g/mol. The molecule has 1 atom stereocenters. The summed E-state index contributed by atoms with van der Waals surface area (Å²) in [5.74, 6) is 0.0290. The molecule has 1 N–H and O–H groups in total. The van der Waals surface area contributed by atoms with Crippen molar-refractivity contribution in [1.82, 2.24) is 5.32 Å². The maximum Gasteiger partial charge on any atom is 0.241 e. The van der Waals surface area contributed by atoms with Crippen LogP contribution in [0.1, 0.15) is 25.0 Å². The van der Waals surface area contributed by atoms with Crippen molar-refractivity contribution < 1.29 is 4.79 Å². The van der Waals surface area contributed by atoms with E-state index < -0.39 is 5.66 Å². The van der Waals surface area contributed by atoms with E-state index in [9.17, 15) is 4.79 Å². The van der Waals surface area contributed by atoms with Crippen LogP contribution in [0.2, 0.25) is 10.0 Å². The van der Waals surface area contributed by atoms with E-state index in [2.05, 4.69) is 42.3 Å². The number of rotatable bonds is 2. The zero-order valence-electron chi connectivity index (χ0n) is 14.0. The lowest BCUT2D eigenvalue weighted by molar-refractivity contribution is -0.118. The predicted octanol–water partition coefficient (Wildman–Crippen LogP) is 4.63. The van der Waals surface area contributed by atoms with Crippen LogP contribution in [0, 0.1) is 0 Å². The summed E-state index contributed by atoms with van der Waals surface area (Å²) in [5.41, 5.74) is 2.40. The molecule has 2 aliphatic rings. The van der Waals surface area contributed by atoms with Gasteiger partial charge in [-0.3, -0.25) is 4.79 Å². The van der Waals surface area contributed by atoms with Gasteiger partial charge >= 0.3 is 0 Å². The zero-order valence-corrected chi connectivity index (χ0v) is 15.5. The van der Waals surface area contributed by atoms with Gasteiger partial charge in [-0.25, -0.2) is 0 Å². The van der Waals surface area contributed by atoms with Gasteiger partial charge in [0.25, 0.3) is 0 Å². The minimum Gasteiger partial charge on any atom is -0.335 e. The molecule has 0 spiro atoms. The smallest absolute Gasteiger partial charge is 0.241 e. The molecule has 0 saturated carbocycles. The van der Waals surface area contributed by atoms with Crippen molar-refractivity contribution in [3.8, 4) is 0 Å². The summed E-state index contributed by atoms with van der Waals surface area (Å²) in [5, 5.41) is 4.25. The van der Waals surface area contributed by atoms with E-state index in [-0.39, 0.29) is 11.3 Å². The van der Waals surface area contributed by atoms with E-state index in [1.807, 2.05) is 30.3 Å². The second kappa shape index (κ2) is 5.52. The van der Waals surface area contributed by atoms with Gasteiger partial charge in [-0.2, -0.15) is 0 Å². The SMILES string of the molecule is CC1(C)c2ccccc2N2CC(=O)N[C@]21/C=C\c1ccc(Cl)c(Cl)c1. The molecular weight excluding hydrogens is 355 g/mol. The first kappa shape index (κ1) is 16.5. The number of fused-ring (bicyclic) bond motifs is 3. The molecule has 25 heavy (non-hydrogen) atoms. The molecule has 5 heteroatoms. The highest BCUT2D eigenvalue weighted by atomic mass is 35.5. The minimum atomic E-state index is -0.597. The summed E-state index contributed by atoms with van der Waals surface area (Å²) in [7, 11) is 0. The van der Waals surface area contributed by atoms with Crippen molar-refractivity contribution in [3.63, 3.8) is 0 Å². The third-order valence-electron chi connectivity index (χ3n) is 5.34. The molecule has 2 aromatic rings. The van der Waals surface area contributed by atoms with Crippen molar-refractivity contribution in [1.29, 1.82) is 0 Å². The van der Waals surface area contributed by atoms with Gasteiger partial charge < -0.3 is 10.2 Å². The third-order valence-corrected chi connectivity index (χ3v) is 6.08. The first-order chi connectivity index (χ1) is 11.8. The molecule has 2 heterocycles. The number of carbonyl (C=O) groups excluding carboxylic acids is 1. The van der Waals surface area contributed by atoms with Crippen LogP contribution < -0.4 is 10.2 Å². The molecule has 2 aliphatic heterocycles. The maximum absolute atomic E-state index is 12.2. The Morgan fingerprint density at radius 3 is 2.64 bits per heavy atom. The average Bonchev–Trinajstić information content (AvgIpc) is 3.01. The predicted molar refractivity (Wildman–Crippen MR) is 103 cm³/mol. The van der Waals surface area contributed by atoms with E-state index in [4.69, 9.17) is 23.2 Å². The number of nitrogens with one attached hydrogen (secondary N) is 1. The Hall–Kier alpha value is -1.97. The van der Waals surface area contributed by atoms with Gasteiger partial charge in [-0.1, -0.05) is 67.4 Å². The molecule has 3 nitrogen and oxygen atoms in total. The lowest BCUT2D eigenvalue weighted by Crippen LogP contribution is -2.58. The molecule has 2 aromatic carbocycles. The second-order valence-corrected chi connectivity index (χ2v) is 7.86. The number of anilines is 1. The molecule has 1 fully saturated rings. The molecule has 1 amide bonds. The third kappa shape index (κ3) is 2.30. The largest absolute Gasteiger partial charge is 0.335 e. The van der Waals surface area contributed by atoms with Crippen LogP contribution in [0.25, 0.3) is 6.08 Å². The van der Waals surface area contributed by atoms with E-state index in [1.165, 1.54) is 5.56 Å². The van der Waals surface area contributed by atoms with Crippen LogP contribution >= 0.6 is 23.2 Å². The van der Waals surface area contributed by atoms with E-state index in [1.54, 1.807) is 6.07 Å². The summed E-state index contributed by atoms with van der Waals surface area (Å²) in [4.78, 5) is 14.4. The van der Waals surface area contributed by atoms with Gasteiger partial charge in [-0.15, -0.1) is 0 Å². The van der Waals surface area contributed by atoms with Crippen molar-refractivity contribution >= 4 is 40.9 Å². The van der Waals surface area contributed by atoms with Crippen molar-refractivity contribution in [2.24, 2.45) is 0 Å². The van der Waals surface area contributed by atoms with Gasteiger partial charge in [0.2, 0.25) is 5.91 Å². The fraction of sp³-hybridized carbons (Fsp3) is 0.250. The molecule has 0 bridgehead atoms. The fourth-order valence-electron chi connectivity index (χ4n) is 3.97. The fourth-order valence-corrected chi connectivity index (χ4v) is 4.28. The number of amides is 1. The molecule has 1 saturated heterocycles. The van der Waals surface area contributed by atoms with E-state index >= 15 is 0 Å². The molecular formula is C20H18Cl2N2O. The second-order valence-electron chi connectivity index (χ2n) is 7.05. The molecule has 128 valence electrons. The molecule has 0 radical (unpaired) electrons. The Morgan fingerprint density at radius 1 is 1.12 bits per heavy atom. The lowest BCUT2D eigenvalue weighted by atomic mass is 9.75. The summed E-state index contributed by atoms with van der Waals surface area (Å²) < 4.78 is 0. The Morgan fingerprint density at radius 2 is 1.88 bits per heavy atom. The Balaban J connectivity index is 1.82. The molecule has 4 rings (SSSR count). The first-order valence-corrected chi connectivity index (χ1v) is 8.93. The summed E-state index contributed by atoms with van der Waals surface area (Å²) in [6.45, 7) is 4.68. The molecule has 0 aliphatic carbocycles.